The van der Waals surface area contributed by atoms with Gasteiger partial charge >= 0.3 is 6.16 Å². The number of alkyl halides is 1. The van der Waals surface area contributed by atoms with E-state index in [0.29, 0.717) is 0 Å². The summed E-state index contributed by atoms with van der Waals surface area (Å²) < 4.78 is 20.9. The minimum absolute atomic E-state index is 0.285. The molecule has 0 saturated carbocycles. The third-order valence-electron chi connectivity index (χ3n) is 1.15. The quantitative estimate of drug-likeness (QED) is 0.436. The summed E-state index contributed by atoms with van der Waals surface area (Å²) in [5, 5.41) is 0. The summed E-state index contributed by atoms with van der Waals surface area (Å²) in [6.07, 6.45) is -1.62. The standard InChI is InChI=1S/C6H7FO3/c1-2-3-4-5(7)10-6(8)9-4/h2,4-5H,1,3H2. The van der Waals surface area contributed by atoms with Gasteiger partial charge in [0.2, 0.25) is 0 Å². The highest BCUT2D eigenvalue weighted by atomic mass is 19.1. The number of halogens is 1. The molecule has 0 aromatic rings. The molecule has 0 aromatic carbocycles. The van der Waals surface area contributed by atoms with Crippen LogP contribution in [0.5, 0.6) is 0 Å². The van der Waals surface area contributed by atoms with Crippen molar-refractivity contribution in [3.05, 3.63) is 12.7 Å². The van der Waals surface area contributed by atoms with Crippen molar-refractivity contribution in [1.82, 2.24) is 0 Å². The molecule has 1 saturated heterocycles. The van der Waals surface area contributed by atoms with Crippen LogP contribution in [0.3, 0.4) is 0 Å². The maximum absolute atomic E-state index is 12.4. The van der Waals surface area contributed by atoms with Gasteiger partial charge in [0.05, 0.1) is 0 Å². The van der Waals surface area contributed by atoms with Gasteiger partial charge in [-0.15, -0.1) is 6.58 Å². The Morgan fingerprint density at radius 1 is 1.70 bits per heavy atom. The number of cyclic esters (lactones) is 2. The zero-order chi connectivity index (χ0) is 7.56. The van der Waals surface area contributed by atoms with Crippen molar-refractivity contribution in [3.63, 3.8) is 0 Å². The molecule has 1 aliphatic rings. The third kappa shape index (κ3) is 1.26. The van der Waals surface area contributed by atoms with E-state index in [0.717, 1.165) is 0 Å². The van der Waals surface area contributed by atoms with E-state index in [1.54, 1.807) is 0 Å². The van der Waals surface area contributed by atoms with E-state index < -0.39 is 18.6 Å². The molecule has 2 unspecified atom stereocenters. The molecule has 3 nitrogen and oxygen atoms in total. The molecular weight excluding hydrogens is 139 g/mol. The van der Waals surface area contributed by atoms with E-state index in [4.69, 9.17) is 0 Å². The van der Waals surface area contributed by atoms with Crippen LogP contribution in [0.15, 0.2) is 12.7 Å². The largest absolute Gasteiger partial charge is 0.511 e. The highest BCUT2D eigenvalue weighted by Crippen LogP contribution is 2.18. The predicted octanol–water partition coefficient (Wildman–Crippen LogP) is 1.39. The molecule has 0 N–H and O–H groups in total. The molecule has 0 aromatic heterocycles. The lowest BCUT2D eigenvalue weighted by atomic mass is 10.2. The first-order chi connectivity index (χ1) is 4.74. The Morgan fingerprint density at radius 2 is 2.40 bits per heavy atom. The van der Waals surface area contributed by atoms with Crippen molar-refractivity contribution in [2.45, 2.75) is 18.9 Å². The fraction of sp³-hybridized carbons (Fsp3) is 0.500. The Bertz CT molecular complexity index is 157. The molecule has 1 rings (SSSR count). The Morgan fingerprint density at radius 3 is 2.80 bits per heavy atom. The molecule has 2 atom stereocenters. The van der Waals surface area contributed by atoms with E-state index in [1.165, 1.54) is 6.08 Å². The molecule has 4 heteroatoms. The average Bonchev–Trinajstić information content (AvgIpc) is 2.13. The molecular formula is C6H7FO3. The zero-order valence-corrected chi connectivity index (χ0v) is 5.25. The Labute approximate surface area is 57.4 Å². The zero-order valence-electron chi connectivity index (χ0n) is 5.25. The van der Waals surface area contributed by atoms with Crippen molar-refractivity contribution in [3.8, 4) is 0 Å². The Balaban J connectivity index is 2.45. The summed E-state index contributed by atoms with van der Waals surface area (Å²) in [5.74, 6) is 0. The van der Waals surface area contributed by atoms with Crippen LogP contribution < -0.4 is 0 Å². The van der Waals surface area contributed by atoms with Gasteiger partial charge in [-0.3, -0.25) is 0 Å². The van der Waals surface area contributed by atoms with Crippen LogP contribution in [0, 0.1) is 0 Å². The van der Waals surface area contributed by atoms with E-state index in [9.17, 15) is 9.18 Å². The first-order valence-corrected chi connectivity index (χ1v) is 2.86. The third-order valence-corrected chi connectivity index (χ3v) is 1.15. The molecule has 0 radical (unpaired) electrons. The molecule has 1 heterocycles. The summed E-state index contributed by atoms with van der Waals surface area (Å²) in [7, 11) is 0. The molecule has 56 valence electrons. The van der Waals surface area contributed by atoms with Crippen LogP contribution in [0.1, 0.15) is 6.42 Å². The lowest BCUT2D eigenvalue weighted by Crippen LogP contribution is -2.16. The summed E-state index contributed by atoms with van der Waals surface area (Å²) in [6.45, 7) is 3.37. The fourth-order valence-electron chi connectivity index (χ4n) is 0.692. The molecule has 0 aliphatic carbocycles. The summed E-state index contributed by atoms with van der Waals surface area (Å²) in [4.78, 5) is 10.2. The number of carbonyl (C=O) groups is 1. The Kier molecular flexibility index (Phi) is 1.89. The van der Waals surface area contributed by atoms with Crippen molar-refractivity contribution in [1.29, 1.82) is 0 Å². The number of hydrogen-bond donors (Lipinski definition) is 0. The maximum Gasteiger partial charge on any atom is 0.511 e. The number of carbonyl (C=O) groups excluding carboxylic acids is 1. The van der Waals surface area contributed by atoms with Gasteiger partial charge in [-0.25, -0.2) is 4.79 Å². The smallest absolute Gasteiger partial charge is 0.424 e. The van der Waals surface area contributed by atoms with E-state index in [2.05, 4.69) is 16.1 Å². The van der Waals surface area contributed by atoms with Crippen LogP contribution in [0.2, 0.25) is 0 Å². The first kappa shape index (κ1) is 7.05. The van der Waals surface area contributed by atoms with Crippen LogP contribution >= 0.6 is 0 Å². The first-order valence-electron chi connectivity index (χ1n) is 2.86. The molecule has 1 fully saturated rings. The number of ether oxygens (including phenoxy) is 2. The normalized spacial score (nSPS) is 31.1. The van der Waals surface area contributed by atoms with E-state index in [-0.39, 0.29) is 6.42 Å². The van der Waals surface area contributed by atoms with Crippen LogP contribution in [0.25, 0.3) is 0 Å². The Hall–Kier alpha value is -1.06. The minimum atomic E-state index is -1.63. The lowest BCUT2D eigenvalue weighted by Gasteiger charge is -2.03. The lowest BCUT2D eigenvalue weighted by molar-refractivity contribution is 0.0325. The highest BCUT2D eigenvalue weighted by molar-refractivity contribution is 5.62. The van der Waals surface area contributed by atoms with E-state index in [1.807, 2.05) is 0 Å². The van der Waals surface area contributed by atoms with Gasteiger partial charge in [0.15, 0.2) is 6.10 Å². The second-order valence-electron chi connectivity index (χ2n) is 1.90. The summed E-state index contributed by atoms with van der Waals surface area (Å²) in [5.41, 5.74) is 0. The highest BCUT2D eigenvalue weighted by Gasteiger charge is 2.35. The molecule has 1 aliphatic heterocycles. The van der Waals surface area contributed by atoms with Gasteiger partial charge in [-0.1, -0.05) is 6.08 Å². The van der Waals surface area contributed by atoms with Crippen molar-refractivity contribution >= 4 is 6.16 Å². The van der Waals surface area contributed by atoms with Gasteiger partial charge < -0.3 is 9.47 Å². The van der Waals surface area contributed by atoms with Gasteiger partial charge in [-0.2, -0.15) is 4.39 Å². The van der Waals surface area contributed by atoms with Gasteiger partial charge in [-0.05, 0) is 0 Å². The maximum atomic E-state index is 12.4. The van der Waals surface area contributed by atoms with Crippen LogP contribution in [0.4, 0.5) is 9.18 Å². The topological polar surface area (TPSA) is 35.5 Å². The second kappa shape index (κ2) is 2.68. The number of rotatable bonds is 2. The molecule has 0 bridgehead atoms. The minimum Gasteiger partial charge on any atom is -0.424 e. The van der Waals surface area contributed by atoms with Gasteiger partial charge in [0.25, 0.3) is 6.36 Å². The van der Waals surface area contributed by atoms with Gasteiger partial charge in [0.1, 0.15) is 0 Å². The summed E-state index contributed by atoms with van der Waals surface area (Å²) >= 11 is 0. The summed E-state index contributed by atoms with van der Waals surface area (Å²) in [6, 6.07) is 0. The molecule has 10 heavy (non-hydrogen) atoms. The second-order valence-corrected chi connectivity index (χ2v) is 1.90. The average molecular weight is 146 g/mol. The van der Waals surface area contributed by atoms with Crippen LogP contribution in [-0.4, -0.2) is 18.6 Å². The number of hydrogen-bond acceptors (Lipinski definition) is 3. The SMILES string of the molecule is C=CCC1OC(=O)OC1F. The van der Waals surface area contributed by atoms with Crippen LogP contribution in [-0.2, 0) is 9.47 Å². The van der Waals surface area contributed by atoms with Gasteiger partial charge in [0, 0.05) is 6.42 Å². The fourth-order valence-corrected chi connectivity index (χ4v) is 0.692. The molecule has 0 spiro atoms. The predicted molar refractivity (Wildman–Crippen MR) is 31.1 cm³/mol. The monoisotopic (exact) mass is 146 g/mol. The molecule has 0 amide bonds. The van der Waals surface area contributed by atoms with E-state index >= 15 is 0 Å². The van der Waals surface area contributed by atoms with Crippen molar-refractivity contribution < 1.29 is 18.7 Å². The van der Waals surface area contributed by atoms with Crippen molar-refractivity contribution in [2.24, 2.45) is 0 Å². The van der Waals surface area contributed by atoms with Crippen molar-refractivity contribution in [2.75, 3.05) is 0 Å².